The van der Waals surface area contributed by atoms with Crippen LogP contribution in [0.25, 0.3) is 0 Å². The Bertz CT molecular complexity index is 723. The maximum absolute atomic E-state index is 13.7. The maximum atomic E-state index is 13.7. The van der Waals surface area contributed by atoms with Crippen LogP contribution in [0, 0.1) is 18.6 Å². The van der Waals surface area contributed by atoms with Gasteiger partial charge >= 0.3 is 0 Å². The number of hydrogen-bond acceptors (Lipinski definition) is 3. The lowest BCUT2D eigenvalue weighted by Crippen LogP contribution is -2.40. The zero-order valence-electron chi connectivity index (χ0n) is 13.4. The summed E-state index contributed by atoms with van der Waals surface area (Å²) in [6, 6.07) is 5.04. The molecule has 7 heteroatoms. The molecule has 1 heterocycles. The van der Waals surface area contributed by atoms with Crippen molar-refractivity contribution in [3.05, 3.63) is 59.1 Å². The van der Waals surface area contributed by atoms with Gasteiger partial charge in [0.2, 0.25) is 5.91 Å². The number of furan rings is 1. The van der Waals surface area contributed by atoms with Crippen molar-refractivity contribution in [2.75, 3.05) is 13.1 Å². The summed E-state index contributed by atoms with van der Waals surface area (Å²) >= 11 is 0. The first-order valence-corrected chi connectivity index (χ1v) is 7.47. The van der Waals surface area contributed by atoms with E-state index in [-0.39, 0.29) is 25.2 Å². The highest BCUT2D eigenvalue weighted by Gasteiger charge is 2.19. The molecule has 0 unspecified atom stereocenters. The number of amides is 2. The molecule has 1 N–H and O–H groups in total. The Hall–Kier alpha value is -2.70. The van der Waals surface area contributed by atoms with Gasteiger partial charge in [-0.1, -0.05) is 6.07 Å². The fourth-order valence-corrected chi connectivity index (χ4v) is 2.23. The van der Waals surface area contributed by atoms with Gasteiger partial charge in [-0.15, -0.1) is 0 Å². The van der Waals surface area contributed by atoms with Crippen LogP contribution >= 0.6 is 0 Å². The number of hydrogen-bond donors (Lipinski definition) is 1. The predicted molar refractivity (Wildman–Crippen MR) is 83.2 cm³/mol. The smallest absolute Gasteiger partial charge is 0.255 e. The molecule has 128 valence electrons. The Morgan fingerprint density at radius 3 is 2.42 bits per heavy atom. The molecular weight excluding hydrogens is 318 g/mol. The molecule has 0 aliphatic heterocycles. The first-order valence-electron chi connectivity index (χ1n) is 7.47. The van der Waals surface area contributed by atoms with E-state index in [1.165, 1.54) is 23.3 Å². The van der Waals surface area contributed by atoms with Crippen molar-refractivity contribution in [2.45, 2.75) is 20.4 Å². The molecule has 2 rings (SSSR count). The number of rotatable bonds is 6. The van der Waals surface area contributed by atoms with Gasteiger partial charge in [0.15, 0.2) is 0 Å². The lowest BCUT2D eigenvalue weighted by atomic mass is 10.2. The standard InChI is InChI=1S/C17H18F2N2O3/c1-3-21(10-13-14(18)5-4-6-15(13)19)16(22)9-20-17(23)12-7-8-24-11(12)2/h4-8H,3,9-10H2,1-2H3,(H,20,23). The molecule has 0 radical (unpaired) electrons. The van der Waals surface area contributed by atoms with Gasteiger partial charge in [-0.25, -0.2) is 8.78 Å². The summed E-state index contributed by atoms with van der Waals surface area (Å²) < 4.78 is 32.4. The molecule has 1 aromatic carbocycles. The van der Waals surface area contributed by atoms with Crippen LogP contribution in [0.4, 0.5) is 8.78 Å². The monoisotopic (exact) mass is 336 g/mol. The number of nitrogens with zero attached hydrogens (tertiary/aromatic N) is 1. The van der Waals surface area contributed by atoms with E-state index in [1.807, 2.05) is 0 Å². The zero-order valence-corrected chi connectivity index (χ0v) is 13.4. The average molecular weight is 336 g/mol. The number of nitrogens with one attached hydrogen (secondary N) is 1. The van der Waals surface area contributed by atoms with Gasteiger partial charge in [0.1, 0.15) is 17.4 Å². The Morgan fingerprint density at radius 1 is 1.21 bits per heavy atom. The van der Waals surface area contributed by atoms with Crippen molar-refractivity contribution in [3.8, 4) is 0 Å². The SMILES string of the molecule is CCN(Cc1c(F)cccc1F)C(=O)CNC(=O)c1ccoc1C. The highest BCUT2D eigenvalue weighted by Crippen LogP contribution is 2.14. The van der Waals surface area contributed by atoms with Gasteiger partial charge in [-0.05, 0) is 32.0 Å². The lowest BCUT2D eigenvalue weighted by molar-refractivity contribution is -0.130. The fourth-order valence-electron chi connectivity index (χ4n) is 2.23. The molecule has 2 amide bonds. The summed E-state index contributed by atoms with van der Waals surface area (Å²) in [5, 5.41) is 2.48. The second kappa shape index (κ2) is 7.72. The Balaban J connectivity index is 1.99. The van der Waals surface area contributed by atoms with Gasteiger partial charge in [0.25, 0.3) is 5.91 Å². The third kappa shape index (κ3) is 3.98. The minimum Gasteiger partial charge on any atom is -0.469 e. The van der Waals surface area contributed by atoms with Crippen molar-refractivity contribution in [1.82, 2.24) is 10.2 Å². The first kappa shape index (κ1) is 17.7. The maximum Gasteiger partial charge on any atom is 0.255 e. The topological polar surface area (TPSA) is 62.6 Å². The van der Waals surface area contributed by atoms with Crippen molar-refractivity contribution < 1.29 is 22.8 Å². The van der Waals surface area contributed by atoms with Crippen molar-refractivity contribution in [2.24, 2.45) is 0 Å². The average Bonchev–Trinajstić information content (AvgIpc) is 2.98. The van der Waals surface area contributed by atoms with Crippen molar-refractivity contribution in [3.63, 3.8) is 0 Å². The lowest BCUT2D eigenvalue weighted by Gasteiger charge is -2.21. The van der Waals surface area contributed by atoms with Crippen molar-refractivity contribution in [1.29, 1.82) is 0 Å². The third-order valence-electron chi connectivity index (χ3n) is 3.65. The summed E-state index contributed by atoms with van der Waals surface area (Å²) in [5.74, 6) is -1.85. The zero-order chi connectivity index (χ0) is 17.7. The van der Waals surface area contributed by atoms with Gasteiger partial charge in [0.05, 0.1) is 24.9 Å². The summed E-state index contributed by atoms with van der Waals surface area (Å²) in [6.45, 7) is 3.11. The molecule has 1 aromatic heterocycles. The van der Waals surface area contributed by atoms with Crippen LogP contribution in [0.15, 0.2) is 34.9 Å². The molecule has 0 saturated heterocycles. The molecule has 0 spiro atoms. The number of aryl methyl sites for hydroxylation is 1. The number of halogens is 2. The largest absolute Gasteiger partial charge is 0.469 e. The summed E-state index contributed by atoms with van der Waals surface area (Å²) in [4.78, 5) is 25.4. The van der Waals surface area contributed by atoms with E-state index in [1.54, 1.807) is 13.8 Å². The second-order valence-electron chi connectivity index (χ2n) is 5.18. The van der Waals surface area contributed by atoms with Crippen LogP contribution in [-0.2, 0) is 11.3 Å². The number of likely N-dealkylation sites (N-methyl/N-ethyl adjacent to an activating group) is 1. The van der Waals surface area contributed by atoms with Crippen LogP contribution < -0.4 is 5.32 Å². The molecule has 0 fully saturated rings. The minimum absolute atomic E-state index is 0.176. The van der Waals surface area contributed by atoms with E-state index in [9.17, 15) is 18.4 Å². The van der Waals surface area contributed by atoms with Crippen LogP contribution in [0.2, 0.25) is 0 Å². The number of benzene rings is 1. The molecular formula is C17H18F2N2O3. The van der Waals surface area contributed by atoms with Gasteiger partial charge in [0, 0.05) is 12.1 Å². The van der Waals surface area contributed by atoms with Gasteiger partial charge in [-0.3, -0.25) is 9.59 Å². The van der Waals surface area contributed by atoms with E-state index in [4.69, 9.17) is 4.42 Å². The fraction of sp³-hybridized carbons (Fsp3) is 0.294. The quantitative estimate of drug-likeness (QED) is 0.882. The van der Waals surface area contributed by atoms with Crippen LogP contribution in [0.1, 0.15) is 28.6 Å². The molecule has 5 nitrogen and oxygen atoms in total. The number of carbonyl (C=O) groups is 2. The molecule has 0 aliphatic carbocycles. The summed E-state index contributed by atoms with van der Waals surface area (Å²) in [7, 11) is 0. The Kier molecular flexibility index (Phi) is 5.68. The normalized spacial score (nSPS) is 10.5. The molecule has 0 aliphatic rings. The van der Waals surface area contributed by atoms with E-state index >= 15 is 0 Å². The molecule has 0 bridgehead atoms. The minimum atomic E-state index is -0.709. The van der Waals surface area contributed by atoms with Crippen LogP contribution in [0.3, 0.4) is 0 Å². The van der Waals surface area contributed by atoms with Crippen LogP contribution in [0.5, 0.6) is 0 Å². The van der Waals surface area contributed by atoms with E-state index < -0.39 is 23.4 Å². The van der Waals surface area contributed by atoms with Crippen LogP contribution in [-0.4, -0.2) is 29.8 Å². The molecule has 0 atom stereocenters. The molecule has 2 aromatic rings. The first-order chi connectivity index (χ1) is 11.4. The Labute approximate surface area is 138 Å². The summed E-state index contributed by atoms with van der Waals surface area (Å²) in [6.07, 6.45) is 1.38. The number of carbonyl (C=O) groups excluding carboxylic acids is 2. The van der Waals surface area contributed by atoms with E-state index in [0.29, 0.717) is 11.3 Å². The summed E-state index contributed by atoms with van der Waals surface area (Å²) in [5.41, 5.74) is 0.163. The predicted octanol–water partition coefficient (Wildman–Crippen LogP) is 2.64. The highest BCUT2D eigenvalue weighted by atomic mass is 19.1. The Morgan fingerprint density at radius 2 is 1.88 bits per heavy atom. The van der Waals surface area contributed by atoms with E-state index in [0.717, 1.165) is 12.1 Å². The van der Waals surface area contributed by atoms with Crippen molar-refractivity contribution >= 4 is 11.8 Å². The van der Waals surface area contributed by atoms with Gasteiger partial charge < -0.3 is 14.6 Å². The highest BCUT2D eigenvalue weighted by molar-refractivity contribution is 5.97. The second-order valence-corrected chi connectivity index (χ2v) is 5.18. The molecule has 24 heavy (non-hydrogen) atoms. The van der Waals surface area contributed by atoms with E-state index in [2.05, 4.69) is 5.32 Å². The van der Waals surface area contributed by atoms with Gasteiger partial charge in [-0.2, -0.15) is 0 Å². The molecule has 0 saturated carbocycles. The third-order valence-corrected chi connectivity index (χ3v) is 3.65.